The average molecular weight is 472 g/mol. The summed E-state index contributed by atoms with van der Waals surface area (Å²) < 4.78 is 20.1. The second-order valence-electron chi connectivity index (χ2n) is 7.52. The lowest BCUT2D eigenvalue weighted by Crippen LogP contribution is -2.46. The fourth-order valence-corrected chi connectivity index (χ4v) is 2.89. The second-order valence-corrected chi connectivity index (χ2v) is 7.52. The zero-order valence-corrected chi connectivity index (χ0v) is 19.7. The van der Waals surface area contributed by atoms with E-state index in [1.54, 1.807) is 19.9 Å². The number of ether oxygens (including phenoxy) is 4. The van der Waals surface area contributed by atoms with Crippen LogP contribution in [0.25, 0.3) is 0 Å². The monoisotopic (exact) mass is 472 g/mol. The third-order valence-corrected chi connectivity index (χ3v) is 4.76. The van der Waals surface area contributed by atoms with Gasteiger partial charge in [-0.3, -0.25) is 9.59 Å². The number of carbonyl (C=O) groups is 4. The van der Waals surface area contributed by atoms with Gasteiger partial charge in [-0.25, -0.2) is 9.59 Å². The van der Waals surface area contributed by atoms with Gasteiger partial charge in [-0.1, -0.05) is 13.8 Å². The van der Waals surface area contributed by atoms with Gasteiger partial charge in [0.2, 0.25) is 0 Å². The Morgan fingerprint density at radius 2 is 1.44 bits per heavy atom. The van der Waals surface area contributed by atoms with Crippen molar-refractivity contribution in [2.75, 3.05) is 33.3 Å². The summed E-state index contributed by atoms with van der Waals surface area (Å²) in [7, 11) is 4.19. The molecule has 0 aliphatic rings. The van der Waals surface area contributed by atoms with Crippen LogP contribution in [0.4, 0.5) is 5.69 Å². The van der Waals surface area contributed by atoms with Crippen LogP contribution in [0.3, 0.4) is 0 Å². The first-order valence-corrected chi connectivity index (χ1v) is 10.4. The van der Waals surface area contributed by atoms with Crippen LogP contribution in [-0.4, -0.2) is 57.7 Å². The van der Waals surface area contributed by atoms with Gasteiger partial charge >= 0.3 is 11.9 Å². The topological polar surface area (TPSA) is 129 Å². The highest BCUT2D eigenvalue weighted by Gasteiger charge is 2.27. The Bertz CT molecular complexity index is 1010. The second kappa shape index (κ2) is 12.2. The van der Waals surface area contributed by atoms with E-state index in [4.69, 9.17) is 14.2 Å². The first-order chi connectivity index (χ1) is 16.2. The average Bonchev–Trinajstić information content (AvgIpc) is 2.84. The molecule has 0 aliphatic carbocycles. The standard InChI is InChI=1S/C24H28N2O8/c1-14(2)21(26-22(28)16-10-18(31-3)12-19(11-16)32-4)24(30)34-13-20(27)25-17-8-6-15(7-9-17)23(29)33-5/h6-12,14,21H,13H2,1-5H3,(H,25,27)(H,26,28)/t21-/m0/s1. The number of esters is 2. The van der Waals surface area contributed by atoms with Crippen molar-refractivity contribution < 1.29 is 38.1 Å². The van der Waals surface area contributed by atoms with E-state index in [1.165, 1.54) is 57.7 Å². The normalized spacial score (nSPS) is 11.2. The molecule has 0 unspecified atom stereocenters. The van der Waals surface area contributed by atoms with Crippen molar-refractivity contribution >= 4 is 29.4 Å². The number of methoxy groups -OCH3 is 3. The molecule has 2 aromatic rings. The molecule has 2 aromatic carbocycles. The minimum Gasteiger partial charge on any atom is -0.497 e. The molecule has 10 nitrogen and oxygen atoms in total. The summed E-state index contributed by atoms with van der Waals surface area (Å²) in [4.78, 5) is 49.0. The maximum Gasteiger partial charge on any atom is 0.337 e. The van der Waals surface area contributed by atoms with Crippen LogP contribution in [0.2, 0.25) is 0 Å². The molecule has 2 rings (SSSR count). The lowest BCUT2D eigenvalue weighted by Gasteiger charge is -2.21. The van der Waals surface area contributed by atoms with E-state index in [-0.39, 0.29) is 11.5 Å². The number of hydrogen-bond donors (Lipinski definition) is 2. The van der Waals surface area contributed by atoms with Crippen molar-refractivity contribution in [1.82, 2.24) is 5.32 Å². The predicted octanol–water partition coefficient (Wildman–Crippen LogP) is 2.43. The fourth-order valence-electron chi connectivity index (χ4n) is 2.89. The van der Waals surface area contributed by atoms with E-state index in [1.807, 2.05) is 0 Å². The molecule has 0 aliphatic heterocycles. The molecule has 0 saturated heterocycles. The highest BCUT2D eigenvalue weighted by Crippen LogP contribution is 2.22. The van der Waals surface area contributed by atoms with Crippen molar-refractivity contribution in [2.24, 2.45) is 5.92 Å². The molecule has 0 heterocycles. The number of anilines is 1. The van der Waals surface area contributed by atoms with E-state index < -0.39 is 36.4 Å². The highest BCUT2D eigenvalue weighted by molar-refractivity contribution is 5.98. The molecule has 10 heteroatoms. The Morgan fingerprint density at radius 1 is 0.853 bits per heavy atom. The molecule has 1 atom stereocenters. The number of benzene rings is 2. The lowest BCUT2D eigenvalue weighted by molar-refractivity contribution is -0.150. The van der Waals surface area contributed by atoms with Crippen LogP contribution in [0.15, 0.2) is 42.5 Å². The molecule has 0 spiro atoms. The quantitative estimate of drug-likeness (QED) is 0.505. The molecular weight excluding hydrogens is 444 g/mol. The molecule has 0 bridgehead atoms. The third-order valence-electron chi connectivity index (χ3n) is 4.76. The third kappa shape index (κ3) is 7.22. The van der Waals surface area contributed by atoms with E-state index in [0.29, 0.717) is 22.7 Å². The van der Waals surface area contributed by atoms with Crippen LogP contribution >= 0.6 is 0 Å². The maximum absolute atomic E-state index is 12.7. The molecule has 182 valence electrons. The van der Waals surface area contributed by atoms with Gasteiger partial charge in [0.1, 0.15) is 17.5 Å². The largest absolute Gasteiger partial charge is 0.497 e. The first-order valence-electron chi connectivity index (χ1n) is 10.4. The van der Waals surface area contributed by atoms with Gasteiger partial charge in [0.15, 0.2) is 6.61 Å². The summed E-state index contributed by atoms with van der Waals surface area (Å²) in [5.41, 5.74) is 0.980. The van der Waals surface area contributed by atoms with Gasteiger partial charge in [0.05, 0.1) is 26.9 Å². The molecule has 2 amide bonds. The molecule has 34 heavy (non-hydrogen) atoms. The summed E-state index contributed by atoms with van der Waals surface area (Å²) >= 11 is 0. The van der Waals surface area contributed by atoms with Crippen molar-refractivity contribution in [2.45, 2.75) is 19.9 Å². The fraction of sp³-hybridized carbons (Fsp3) is 0.333. The van der Waals surface area contributed by atoms with Crippen LogP contribution < -0.4 is 20.1 Å². The Kier molecular flexibility index (Phi) is 9.42. The highest BCUT2D eigenvalue weighted by atomic mass is 16.5. The zero-order valence-electron chi connectivity index (χ0n) is 19.7. The van der Waals surface area contributed by atoms with E-state index in [9.17, 15) is 19.2 Å². The van der Waals surface area contributed by atoms with E-state index >= 15 is 0 Å². The smallest absolute Gasteiger partial charge is 0.337 e. The van der Waals surface area contributed by atoms with Gasteiger partial charge in [-0.2, -0.15) is 0 Å². The summed E-state index contributed by atoms with van der Waals surface area (Å²) in [6, 6.07) is 9.68. The van der Waals surface area contributed by atoms with Gasteiger partial charge in [0, 0.05) is 17.3 Å². The Labute approximate surface area is 197 Å². The predicted molar refractivity (Wildman–Crippen MR) is 123 cm³/mol. The number of hydrogen-bond acceptors (Lipinski definition) is 8. The van der Waals surface area contributed by atoms with Crippen molar-refractivity contribution in [3.63, 3.8) is 0 Å². The van der Waals surface area contributed by atoms with Crippen LogP contribution in [0.1, 0.15) is 34.6 Å². The van der Waals surface area contributed by atoms with Gasteiger partial charge in [-0.05, 0) is 42.3 Å². The van der Waals surface area contributed by atoms with Crippen LogP contribution in [0.5, 0.6) is 11.5 Å². The SMILES string of the molecule is COC(=O)c1ccc(NC(=O)COC(=O)[C@@H](NC(=O)c2cc(OC)cc(OC)c2)C(C)C)cc1. The molecular formula is C24H28N2O8. The Hall–Kier alpha value is -4.08. The van der Waals surface area contributed by atoms with E-state index in [2.05, 4.69) is 15.4 Å². The van der Waals surface area contributed by atoms with Gasteiger partial charge in [-0.15, -0.1) is 0 Å². The molecule has 2 N–H and O–H groups in total. The molecule has 0 fully saturated rings. The molecule has 0 aromatic heterocycles. The Balaban J connectivity index is 1.97. The van der Waals surface area contributed by atoms with Crippen molar-refractivity contribution in [1.29, 1.82) is 0 Å². The Morgan fingerprint density at radius 3 is 1.94 bits per heavy atom. The molecule has 0 radical (unpaired) electrons. The van der Waals surface area contributed by atoms with Gasteiger partial charge in [0.25, 0.3) is 11.8 Å². The van der Waals surface area contributed by atoms with Crippen LogP contribution in [-0.2, 0) is 19.1 Å². The minimum atomic E-state index is -0.989. The first kappa shape index (κ1) is 26.2. The van der Waals surface area contributed by atoms with Crippen LogP contribution in [0, 0.1) is 5.92 Å². The van der Waals surface area contributed by atoms with E-state index in [0.717, 1.165) is 0 Å². The number of carbonyl (C=O) groups excluding carboxylic acids is 4. The van der Waals surface area contributed by atoms with Crippen molar-refractivity contribution in [3.05, 3.63) is 53.6 Å². The molecule has 0 saturated carbocycles. The minimum absolute atomic E-state index is 0.239. The lowest BCUT2D eigenvalue weighted by atomic mass is 10.0. The summed E-state index contributed by atoms with van der Waals surface area (Å²) in [5, 5.41) is 5.19. The van der Waals surface area contributed by atoms with Gasteiger partial charge < -0.3 is 29.6 Å². The number of nitrogens with one attached hydrogen (secondary N) is 2. The summed E-state index contributed by atoms with van der Waals surface area (Å²) in [6.45, 7) is 2.92. The summed E-state index contributed by atoms with van der Waals surface area (Å²) in [5.74, 6) is -1.82. The summed E-state index contributed by atoms with van der Waals surface area (Å²) in [6.07, 6.45) is 0. The number of amides is 2. The van der Waals surface area contributed by atoms with Crippen molar-refractivity contribution in [3.8, 4) is 11.5 Å². The zero-order chi connectivity index (χ0) is 25.3. The maximum atomic E-state index is 12.7. The number of rotatable bonds is 10.